The Labute approximate surface area is 153 Å². The van der Waals surface area contributed by atoms with Gasteiger partial charge in [-0.25, -0.2) is 4.98 Å². The van der Waals surface area contributed by atoms with Gasteiger partial charge in [0.1, 0.15) is 12.4 Å². The molecule has 0 fully saturated rings. The van der Waals surface area contributed by atoms with E-state index < -0.39 is 12.6 Å². The highest BCUT2D eigenvalue weighted by molar-refractivity contribution is 5.77. The number of aromatic nitrogens is 2. The summed E-state index contributed by atoms with van der Waals surface area (Å²) in [6, 6.07) is 13.0. The van der Waals surface area contributed by atoms with E-state index in [2.05, 4.69) is 9.72 Å². The minimum absolute atomic E-state index is 0.0461. The van der Waals surface area contributed by atoms with Gasteiger partial charge in [-0.15, -0.1) is 0 Å². The van der Waals surface area contributed by atoms with Crippen LogP contribution in [0.5, 0.6) is 5.75 Å². The van der Waals surface area contributed by atoms with Crippen LogP contribution < -0.4 is 10.3 Å². The summed E-state index contributed by atoms with van der Waals surface area (Å²) in [7, 11) is 0. The molecule has 2 aromatic carbocycles. The van der Waals surface area contributed by atoms with Crippen molar-refractivity contribution in [3.05, 3.63) is 70.8 Å². The number of halogens is 2. The van der Waals surface area contributed by atoms with Crippen LogP contribution in [0.4, 0.5) is 8.78 Å². The molecule has 6 nitrogen and oxygen atoms in total. The van der Waals surface area contributed by atoms with E-state index in [4.69, 9.17) is 4.74 Å². The molecule has 0 spiro atoms. The fourth-order valence-corrected chi connectivity index (χ4v) is 2.54. The molecule has 0 amide bonds. The molecule has 0 unspecified atom stereocenters. The van der Waals surface area contributed by atoms with Gasteiger partial charge in [0.05, 0.1) is 23.7 Å². The van der Waals surface area contributed by atoms with Crippen molar-refractivity contribution < 1.29 is 23.0 Å². The Bertz CT molecular complexity index is 1000. The van der Waals surface area contributed by atoms with Crippen molar-refractivity contribution in [2.24, 2.45) is 0 Å². The summed E-state index contributed by atoms with van der Waals surface area (Å²) < 4.78 is 35.6. The SMILES string of the molecule is O=C(CCn1cnc2ccccc2c1=O)OCc1ccccc1OC(F)F. The first-order chi connectivity index (χ1) is 13.0. The van der Waals surface area contributed by atoms with Crippen molar-refractivity contribution >= 4 is 16.9 Å². The predicted molar refractivity (Wildman–Crippen MR) is 93.5 cm³/mol. The van der Waals surface area contributed by atoms with Gasteiger partial charge in [-0.2, -0.15) is 8.78 Å². The fourth-order valence-electron chi connectivity index (χ4n) is 2.54. The van der Waals surface area contributed by atoms with Crippen molar-refractivity contribution in [3.63, 3.8) is 0 Å². The third-order valence-corrected chi connectivity index (χ3v) is 3.87. The Kier molecular flexibility index (Phi) is 5.75. The summed E-state index contributed by atoms with van der Waals surface area (Å²) in [6.07, 6.45) is 1.32. The molecule has 0 saturated carbocycles. The molecule has 3 rings (SSSR count). The van der Waals surface area contributed by atoms with Crippen LogP contribution in [0.25, 0.3) is 10.9 Å². The number of carbonyl (C=O) groups excluding carboxylic acids is 1. The minimum atomic E-state index is -2.96. The third-order valence-electron chi connectivity index (χ3n) is 3.87. The average Bonchev–Trinajstić information content (AvgIpc) is 2.66. The molecular formula is C19H16F2N2O4. The topological polar surface area (TPSA) is 70.4 Å². The van der Waals surface area contributed by atoms with Crippen LogP contribution in [-0.2, 0) is 22.7 Å². The number of fused-ring (bicyclic) bond motifs is 1. The summed E-state index contributed by atoms with van der Waals surface area (Å²) in [6.45, 7) is -3.06. The molecule has 0 saturated heterocycles. The maximum Gasteiger partial charge on any atom is 0.387 e. The maximum absolute atomic E-state index is 12.4. The van der Waals surface area contributed by atoms with Gasteiger partial charge >= 0.3 is 12.6 Å². The molecule has 0 radical (unpaired) electrons. The smallest absolute Gasteiger partial charge is 0.387 e. The lowest BCUT2D eigenvalue weighted by atomic mass is 10.2. The Morgan fingerprint density at radius 1 is 1.11 bits per heavy atom. The number of rotatable bonds is 7. The van der Waals surface area contributed by atoms with Crippen molar-refractivity contribution in [2.75, 3.05) is 0 Å². The van der Waals surface area contributed by atoms with Gasteiger partial charge in [-0.3, -0.25) is 14.2 Å². The highest BCUT2D eigenvalue weighted by Crippen LogP contribution is 2.21. The molecular weight excluding hydrogens is 358 g/mol. The van der Waals surface area contributed by atoms with Crippen LogP contribution in [-0.4, -0.2) is 22.1 Å². The Balaban J connectivity index is 1.60. The van der Waals surface area contributed by atoms with Gasteiger partial charge < -0.3 is 9.47 Å². The Morgan fingerprint density at radius 3 is 2.67 bits per heavy atom. The molecule has 0 bridgehead atoms. The monoisotopic (exact) mass is 374 g/mol. The average molecular weight is 374 g/mol. The van der Waals surface area contributed by atoms with E-state index in [-0.39, 0.29) is 30.9 Å². The molecule has 1 aromatic heterocycles. The van der Waals surface area contributed by atoms with Gasteiger partial charge in [0.15, 0.2) is 0 Å². The quantitative estimate of drug-likeness (QED) is 0.594. The molecule has 0 aliphatic rings. The number of aryl methyl sites for hydroxylation is 1. The number of hydrogen-bond acceptors (Lipinski definition) is 5. The van der Waals surface area contributed by atoms with Gasteiger partial charge in [-0.1, -0.05) is 30.3 Å². The molecule has 0 N–H and O–H groups in total. The van der Waals surface area contributed by atoms with Crippen LogP contribution in [0.3, 0.4) is 0 Å². The number of benzene rings is 2. The van der Waals surface area contributed by atoms with Gasteiger partial charge in [0, 0.05) is 12.1 Å². The number of ether oxygens (including phenoxy) is 2. The van der Waals surface area contributed by atoms with Crippen molar-refractivity contribution in [3.8, 4) is 5.75 Å². The zero-order valence-corrected chi connectivity index (χ0v) is 14.2. The number of esters is 1. The highest BCUT2D eigenvalue weighted by Gasteiger charge is 2.12. The number of alkyl halides is 2. The summed E-state index contributed by atoms with van der Waals surface area (Å²) >= 11 is 0. The van der Waals surface area contributed by atoms with Crippen LogP contribution in [0.15, 0.2) is 59.7 Å². The van der Waals surface area contributed by atoms with Gasteiger partial charge in [0.2, 0.25) is 0 Å². The van der Waals surface area contributed by atoms with E-state index in [1.165, 1.54) is 23.0 Å². The molecule has 140 valence electrons. The van der Waals surface area contributed by atoms with E-state index in [9.17, 15) is 18.4 Å². The zero-order valence-electron chi connectivity index (χ0n) is 14.2. The third kappa shape index (κ3) is 4.66. The Morgan fingerprint density at radius 2 is 1.85 bits per heavy atom. The lowest BCUT2D eigenvalue weighted by molar-refractivity contribution is -0.145. The van der Waals surface area contributed by atoms with E-state index in [0.717, 1.165) is 0 Å². The highest BCUT2D eigenvalue weighted by atomic mass is 19.3. The summed E-state index contributed by atoms with van der Waals surface area (Å²) in [5.41, 5.74) is 0.664. The van der Waals surface area contributed by atoms with Crippen LogP contribution in [0, 0.1) is 0 Å². The van der Waals surface area contributed by atoms with Crippen molar-refractivity contribution in [1.29, 1.82) is 0 Å². The first-order valence-electron chi connectivity index (χ1n) is 8.17. The number of carbonyl (C=O) groups is 1. The second-order valence-electron chi connectivity index (χ2n) is 5.66. The van der Waals surface area contributed by atoms with E-state index in [1.807, 2.05) is 0 Å². The standard InChI is InChI=1S/C19H16F2N2O4/c20-19(21)27-16-8-4-1-5-13(16)11-26-17(24)9-10-23-12-22-15-7-3-2-6-14(15)18(23)25/h1-8,12,19H,9-11H2. The molecule has 1 heterocycles. The number of para-hydroxylation sites is 2. The predicted octanol–water partition coefficient (Wildman–Crippen LogP) is 3.13. The first-order valence-corrected chi connectivity index (χ1v) is 8.17. The first kappa shape index (κ1) is 18.5. The van der Waals surface area contributed by atoms with Crippen LogP contribution in [0.2, 0.25) is 0 Å². The van der Waals surface area contributed by atoms with Crippen molar-refractivity contribution in [1.82, 2.24) is 9.55 Å². The summed E-state index contributed by atoms with van der Waals surface area (Å²) in [5.74, 6) is -0.614. The Hall–Kier alpha value is -3.29. The normalized spacial score (nSPS) is 10.9. The van der Waals surface area contributed by atoms with Gasteiger partial charge in [0.25, 0.3) is 5.56 Å². The number of hydrogen-bond donors (Lipinski definition) is 0. The van der Waals surface area contributed by atoms with Crippen molar-refractivity contribution in [2.45, 2.75) is 26.2 Å². The molecule has 0 atom stereocenters. The zero-order chi connectivity index (χ0) is 19.2. The largest absolute Gasteiger partial charge is 0.461 e. The second kappa shape index (κ2) is 8.39. The number of nitrogens with zero attached hydrogens (tertiary/aromatic N) is 2. The lowest BCUT2D eigenvalue weighted by Crippen LogP contribution is -2.22. The van der Waals surface area contributed by atoms with E-state index in [1.54, 1.807) is 36.4 Å². The lowest BCUT2D eigenvalue weighted by Gasteiger charge is -2.11. The van der Waals surface area contributed by atoms with Gasteiger partial charge in [-0.05, 0) is 18.2 Å². The van der Waals surface area contributed by atoms with Crippen LogP contribution >= 0.6 is 0 Å². The summed E-state index contributed by atoms with van der Waals surface area (Å²) in [4.78, 5) is 28.5. The second-order valence-corrected chi connectivity index (χ2v) is 5.66. The molecule has 0 aliphatic heterocycles. The minimum Gasteiger partial charge on any atom is -0.461 e. The van der Waals surface area contributed by atoms with E-state index >= 15 is 0 Å². The molecule has 3 aromatic rings. The molecule has 0 aliphatic carbocycles. The fraction of sp³-hybridized carbons (Fsp3) is 0.211. The molecule has 8 heteroatoms. The van der Waals surface area contributed by atoms with E-state index in [0.29, 0.717) is 16.5 Å². The molecule has 27 heavy (non-hydrogen) atoms. The van der Waals surface area contributed by atoms with Crippen LogP contribution in [0.1, 0.15) is 12.0 Å². The maximum atomic E-state index is 12.4. The summed E-state index contributed by atoms with van der Waals surface area (Å²) in [5, 5.41) is 0.464.